The molecule has 1 aromatic carbocycles. The predicted octanol–water partition coefficient (Wildman–Crippen LogP) is 2.54. The number of carbonyl (C=O) groups is 2. The number of nitro benzene ring substituents is 1. The van der Waals surface area contributed by atoms with E-state index in [1.54, 1.807) is 0 Å². The molecular formula is C19H24N4O4. The molecule has 8 nitrogen and oxygen atoms in total. The summed E-state index contributed by atoms with van der Waals surface area (Å²) in [6, 6.07) is 3.81. The quantitative estimate of drug-likeness (QED) is 0.425. The molecule has 0 aromatic heterocycles. The lowest BCUT2D eigenvalue weighted by atomic mass is 9.49. The summed E-state index contributed by atoms with van der Waals surface area (Å²) < 4.78 is 0. The van der Waals surface area contributed by atoms with Crippen molar-refractivity contribution in [2.24, 2.45) is 23.2 Å². The number of benzene rings is 1. The van der Waals surface area contributed by atoms with Crippen molar-refractivity contribution < 1.29 is 14.5 Å². The monoisotopic (exact) mass is 372 g/mol. The number of nitrogen functional groups attached to an aromatic ring is 1. The summed E-state index contributed by atoms with van der Waals surface area (Å²) in [4.78, 5) is 34.9. The van der Waals surface area contributed by atoms with Crippen LogP contribution in [0.3, 0.4) is 0 Å². The maximum atomic E-state index is 12.4. The number of nitrogens with one attached hydrogen (secondary N) is 2. The highest BCUT2D eigenvalue weighted by molar-refractivity contribution is 5.96. The van der Waals surface area contributed by atoms with Crippen LogP contribution in [0.25, 0.3) is 0 Å². The topological polar surface area (TPSA) is 127 Å². The van der Waals surface area contributed by atoms with Crippen LogP contribution in [0.5, 0.6) is 0 Å². The van der Waals surface area contributed by atoms with Gasteiger partial charge in [0.2, 0.25) is 5.91 Å². The molecule has 0 aliphatic heterocycles. The SMILES string of the molecule is Nc1ccc(C(=O)NNC(=O)CC23CC4CC(CC(C4)C2)C3)cc1[N+](=O)[O-]. The lowest BCUT2D eigenvalue weighted by Gasteiger charge is -2.56. The molecule has 1 aromatic rings. The summed E-state index contributed by atoms with van der Waals surface area (Å²) in [6.45, 7) is 0. The first-order chi connectivity index (χ1) is 12.8. The first-order valence-electron chi connectivity index (χ1n) is 9.47. The maximum Gasteiger partial charge on any atom is 0.292 e. The van der Waals surface area contributed by atoms with Crippen LogP contribution in [0.4, 0.5) is 11.4 Å². The minimum absolute atomic E-state index is 0.0117. The number of hydrazine groups is 1. The minimum atomic E-state index is -0.641. The van der Waals surface area contributed by atoms with Gasteiger partial charge in [-0.25, -0.2) is 0 Å². The summed E-state index contributed by atoms with van der Waals surface area (Å²) in [5.41, 5.74) is 10.2. The molecule has 8 heteroatoms. The number of rotatable bonds is 4. The van der Waals surface area contributed by atoms with Crippen molar-refractivity contribution in [1.82, 2.24) is 10.9 Å². The van der Waals surface area contributed by atoms with Gasteiger partial charge in [0.25, 0.3) is 11.6 Å². The number of anilines is 1. The number of nitrogens with two attached hydrogens (primary N) is 1. The Balaban J connectivity index is 1.35. The van der Waals surface area contributed by atoms with Crippen molar-refractivity contribution in [1.29, 1.82) is 0 Å². The van der Waals surface area contributed by atoms with Crippen molar-refractivity contribution in [2.75, 3.05) is 5.73 Å². The third kappa shape index (κ3) is 3.48. The Hall–Kier alpha value is -2.64. The van der Waals surface area contributed by atoms with Crippen LogP contribution in [-0.2, 0) is 4.79 Å². The molecule has 4 saturated carbocycles. The zero-order valence-electron chi connectivity index (χ0n) is 15.1. The number of amides is 2. The van der Waals surface area contributed by atoms with E-state index >= 15 is 0 Å². The average Bonchev–Trinajstić information content (AvgIpc) is 2.58. The summed E-state index contributed by atoms with van der Waals surface area (Å²) in [5.74, 6) is 1.48. The van der Waals surface area contributed by atoms with Crippen LogP contribution < -0.4 is 16.6 Å². The Morgan fingerprint density at radius 2 is 1.70 bits per heavy atom. The second-order valence-corrected chi connectivity index (χ2v) is 8.63. The smallest absolute Gasteiger partial charge is 0.292 e. The molecule has 144 valence electrons. The van der Waals surface area contributed by atoms with Gasteiger partial charge < -0.3 is 5.73 Å². The molecule has 4 fully saturated rings. The lowest BCUT2D eigenvalue weighted by Crippen LogP contribution is -2.50. The van der Waals surface area contributed by atoms with Crippen LogP contribution in [0.1, 0.15) is 55.3 Å². The number of hydrogen-bond donors (Lipinski definition) is 3. The van der Waals surface area contributed by atoms with Crippen LogP contribution in [0.2, 0.25) is 0 Å². The molecule has 0 saturated heterocycles. The molecular weight excluding hydrogens is 348 g/mol. The van der Waals surface area contributed by atoms with E-state index < -0.39 is 10.8 Å². The normalized spacial score (nSPS) is 30.7. The van der Waals surface area contributed by atoms with Crippen LogP contribution in [0.15, 0.2) is 18.2 Å². The molecule has 4 aliphatic rings. The molecule has 0 heterocycles. The minimum Gasteiger partial charge on any atom is -0.393 e. The zero-order chi connectivity index (χ0) is 19.2. The van der Waals surface area contributed by atoms with Crippen LogP contribution >= 0.6 is 0 Å². The summed E-state index contributed by atoms with van der Waals surface area (Å²) in [5, 5.41) is 10.9. The number of nitrogens with zero attached hydrogens (tertiary/aromatic N) is 1. The van der Waals surface area contributed by atoms with Crippen molar-refractivity contribution in [3.63, 3.8) is 0 Å². The molecule has 0 radical (unpaired) electrons. The van der Waals surface area contributed by atoms with Gasteiger partial charge in [-0.05, 0) is 73.8 Å². The van der Waals surface area contributed by atoms with E-state index in [1.165, 1.54) is 31.4 Å². The third-order valence-electron chi connectivity index (χ3n) is 6.51. The van der Waals surface area contributed by atoms with Crippen LogP contribution in [0, 0.1) is 33.3 Å². The standard InChI is InChI=1S/C19H24N4O4/c20-15-2-1-14(6-16(15)23(26)27)18(25)22-21-17(24)10-19-7-11-3-12(8-19)5-13(4-11)9-19/h1-2,6,11-13H,3-5,7-10,20H2,(H,21,24)(H,22,25). The largest absolute Gasteiger partial charge is 0.393 e. The fourth-order valence-electron chi connectivity index (χ4n) is 5.93. The van der Waals surface area contributed by atoms with Gasteiger partial charge in [-0.1, -0.05) is 0 Å². The highest BCUT2D eigenvalue weighted by Gasteiger charge is 2.51. The highest BCUT2D eigenvalue weighted by Crippen LogP contribution is 2.61. The van der Waals surface area contributed by atoms with Crippen molar-refractivity contribution in [3.8, 4) is 0 Å². The number of carbonyl (C=O) groups excluding carboxylic acids is 2. The van der Waals surface area contributed by atoms with Gasteiger partial charge >= 0.3 is 0 Å². The van der Waals surface area contributed by atoms with Gasteiger partial charge in [0.1, 0.15) is 5.69 Å². The van der Waals surface area contributed by atoms with Gasteiger partial charge in [-0.2, -0.15) is 0 Å². The van der Waals surface area contributed by atoms with E-state index in [4.69, 9.17) is 5.73 Å². The molecule has 0 unspecified atom stereocenters. The molecule has 27 heavy (non-hydrogen) atoms. The van der Waals surface area contributed by atoms with E-state index in [-0.39, 0.29) is 28.3 Å². The Labute approximate surface area is 157 Å². The fraction of sp³-hybridized carbons (Fsp3) is 0.579. The Morgan fingerprint density at radius 3 is 2.26 bits per heavy atom. The van der Waals surface area contributed by atoms with Crippen molar-refractivity contribution >= 4 is 23.2 Å². The predicted molar refractivity (Wildman–Crippen MR) is 98.3 cm³/mol. The van der Waals surface area contributed by atoms with E-state index in [9.17, 15) is 19.7 Å². The molecule has 4 aliphatic carbocycles. The molecule has 4 bridgehead atoms. The zero-order valence-corrected chi connectivity index (χ0v) is 15.1. The average molecular weight is 372 g/mol. The Kier molecular flexibility index (Phi) is 4.28. The lowest BCUT2D eigenvalue weighted by molar-refractivity contribution is -0.383. The third-order valence-corrected chi connectivity index (χ3v) is 6.51. The van der Waals surface area contributed by atoms with E-state index in [1.807, 2.05) is 0 Å². The Bertz CT molecular complexity index is 772. The number of hydrogen-bond acceptors (Lipinski definition) is 5. The van der Waals surface area contributed by atoms with Crippen LogP contribution in [-0.4, -0.2) is 16.7 Å². The maximum absolute atomic E-state index is 12.4. The van der Waals surface area contributed by atoms with E-state index in [0.717, 1.165) is 43.1 Å². The molecule has 4 N–H and O–H groups in total. The molecule has 0 atom stereocenters. The molecule has 0 spiro atoms. The summed E-state index contributed by atoms with van der Waals surface area (Å²) in [7, 11) is 0. The van der Waals surface area contributed by atoms with Gasteiger partial charge in [0, 0.05) is 18.1 Å². The van der Waals surface area contributed by atoms with E-state index in [0.29, 0.717) is 6.42 Å². The molecule has 5 rings (SSSR count). The number of nitro groups is 1. The Morgan fingerprint density at radius 1 is 1.11 bits per heavy atom. The first kappa shape index (κ1) is 17.8. The van der Waals surface area contributed by atoms with Gasteiger partial charge in [0.05, 0.1) is 4.92 Å². The van der Waals surface area contributed by atoms with Crippen molar-refractivity contribution in [2.45, 2.75) is 44.9 Å². The van der Waals surface area contributed by atoms with Gasteiger partial charge in [0.15, 0.2) is 0 Å². The fourth-order valence-corrected chi connectivity index (χ4v) is 5.93. The summed E-state index contributed by atoms with van der Waals surface area (Å²) in [6.07, 6.45) is 7.72. The van der Waals surface area contributed by atoms with Gasteiger partial charge in [-0.3, -0.25) is 30.6 Å². The summed E-state index contributed by atoms with van der Waals surface area (Å²) >= 11 is 0. The van der Waals surface area contributed by atoms with Gasteiger partial charge in [-0.15, -0.1) is 0 Å². The second-order valence-electron chi connectivity index (χ2n) is 8.63. The molecule has 2 amide bonds. The second kappa shape index (κ2) is 6.51. The van der Waals surface area contributed by atoms with E-state index in [2.05, 4.69) is 10.9 Å². The van der Waals surface area contributed by atoms with Crippen molar-refractivity contribution in [3.05, 3.63) is 33.9 Å². The highest BCUT2D eigenvalue weighted by atomic mass is 16.6. The first-order valence-corrected chi connectivity index (χ1v) is 9.47.